The van der Waals surface area contributed by atoms with Gasteiger partial charge in [-0.3, -0.25) is 0 Å². The first-order valence-electron chi connectivity index (χ1n) is 9.18. The van der Waals surface area contributed by atoms with E-state index in [1.54, 1.807) is 0 Å². The highest BCUT2D eigenvalue weighted by Gasteiger charge is 2.13. The van der Waals surface area contributed by atoms with Gasteiger partial charge in [-0.25, -0.2) is 0 Å². The van der Waals surface area contributed by atoms with E-state index in [4.69, 9.17) is 9.47 Å². The largest absolute Gasteiger partial charge is 0.490 e. The molecule has 3 aromatic carbocycles. The smallest absolute Gasteiger partial charge is 0.174 e. The van der Waals surface area contributed by atoms with Gasteiger partial charge in [0.1, 0.15) is 6.61 Å². The molecule has 1 N–H and O–H groups in total. The molecule has 3 aromatic rings. The van der Waals surface area contributed by atoms with Crippen LogP contribution in [0.4, 0.5) is 5.69 Å². The van der Waals surface area contributed by atoms with Crippen LogP contribution in [0.1, 0.15) is 23.6 Å². The maximum absolute atomic E-state index is 6.11. The van der Waals surface area contributed by atoms with Crippen LogP contribution in [0.15, 0.2) is 65.1 Å². The van der Waals surface area contributed by atoms with Crippen LogP contribution < -0.4 is 14.8 Å². The van der Waals surface area contributed by atoms with Crippen molar-refractivity contribution in [2.24, 2.45) is 0 Å². The first-order valence-corrected chi connectivity index (χ1v) is 11.1. The highest BCUT2D eigenvalue weighted by molar-refractivity contribution is 14.1. The van der Waals surface area contributed by atoms with Gasteiger partial charge in [-0.1, -0.05) is 45.8 Å². The minimum atomic E-state index is 0.504. The Kier molecular flexibility index (Phi) is 7.62. The van der Waals surface area contributed by atoms with E-state index >= 15 is 0 Å². The fourth-order valence-electron chi connectivity index (χ4n) is 2.74. The maximum atomic E-state index is 6.11. The number of hydrogen-bond donors (Lipinski definition) is 1. The van der Waals surface area contributed by atoms with Crippen molar-refractivity contribution in [3.63, 3.8) is 0 Å². The highest BCUT2D eigenvalue weighted by atomic mass is 127. The van der Waals surface area contributed by atoms with Crippen molar-refractivity contribution in [3.05, 3.63) is 85.4 Å². The topological polar surface area (TPSA) is 30.5 Å². The van der Waals surface area contributed by atoms with E-state index in [0.29, 0.717) is 13.2 Å². The Hall–Kier alpha value is -1.73. The van der Waals surface area contributed by atoms with Crippen molar-refractivity contribution in [2.45, 2.75) is 27.0 Å². The van der Waals surface area contributed by atoms with Gasteiger partial charge in [0.15, 0.2) is 11.5 Å². The molecular weight excluding hydrogens is 529 g/mol. The molecule has 3 nitrogen and oxygen atoms in total. The van der Waals surface area contributed by atoms with Crippen LogP contribution in [-0.2, 0) is 13.2 Å². The molecule has 0 saturated heterocycles. The lowest BCUT2D eigenvalue weighted by Crippen LogP contribution is -2.05. The van der Waals surface area contributed by atoms with Crippen molar-refractivity contribution in [2.75, 3.05) is 11.9 Å². The Morgan fingerprint density at radius 1 is 0.929 bits per heavy atom. The van der Waals surface area contributed by atoms with Gasteiger partial charge in [-0.15, -0.1) is 0 Å². The van der Waals surface area contributed by atoms with E-state index in [-0.39, 0.29) is 0 Å². The number of rotatable bonds is 8. The molecule has 0 radical (unpaired) electrons. The summed E-state index contributed by atoms with van der Waals surface area (Å²) in [5, 5.41) is 3.46. The minimum Gasteiger partial charge on any atom is -0.490 e. The Balaban J connectivity index is 1.73. The molecule has 0 aliphatic rings. The van der Waals surface area contributed by atoms with Gasteiger partial charge >= 0.3 is 0 Å². The van der Waals surface area contributed by atoms with Gasteiger partial charge in [0, 0.05) is 16.7 Å². The summed E-state index contributed by atoms with van der Waals surface area (Å²) < 4.78 is 14.1. The van der Waals surface area contributed by atoms with Crippen LogP contribution in [0.25, 0.3) is 0 Å². The summed E-state index contributed by atoms with van der Waals surface area (Å²) in [6.45, 7) is 5.91. The van der Waals surface area contributed by atoms with Gasteiger partial charge in [-0.2, -0.15) is 0 Å². The summed E-state index contributed by atoms with van der Waals surface area (Å²) in [5.74, 6) is 1.58. The van der Waals surface area contributed by atoms with Crippen molar-refractivity contribution in [1.29, 1.82) is 0 Å². The van der Waals surface area contributed by atoms with Gasteiger partial charge in [0.2, 0.25) is 0 Å². The molecular formula is C23H23BrINO2. The molecule has 0 aliphatic heterocycles. The predicted octanol–water partition coefficient (Wildman–Crippen LogP) is 6.95. The summed E-state index contributed by atoms with van der Waals surface area (Å²) in [7, 11) is 0. The van der Waals surface area contributed by atoms with Crippen molar-refractivity contribution in [3.8, 4) is 11.5 Å². The summed E-state index contributed by atoms with van der Waals surface area (Å²) in [6, 6.07) is 20.8. The molecule has 0 fully saturated rings. The molecule has 5 heteroatoms. The lowest BCUT2D eigenvalue weighted by atomic mass is 10.1. The first kappa shape index (κ1) is 21.0. The third-order valence-corrected chi connectivity index (χ3v) is 5.54. The SMILES string of the molecule is CCOc1cc(CNc2ccc(C)cc2)cc(I)c1OCc1ccc(Br)cc1. The number of halogens is 2. The molecule has 0 spiro atoms. The number of hydrogen-bond acceptors (Lipinski definition) is 3. The number of benzene rings is 3. The molecule has 0 atom stereocenters. The third kappa shape index (κ3) is 5.88. The summed E-state index contributed by atoms with van der Waals surface area (Å²) in [5.41, 5.74) is 4.64. The van der Waals surface area contributed by atoms with Crippen molar-refractivity contribution < 1.29 is 9.47 Å². The van der Waals surface area contributed by atoms with Crippen molar-refractivity contribution in [1.82, 2.24) is 0 Å². The van der Waals surface area contributed by atoms with E-state index in [0.717, 1.165) is 42.9 Å². The predicted molar refractivity (Wildman–Crippen MR) is 127 cm³/mol. The number of nitrogens with one attached hydrogen (secondary N) is 1. The second kappa shape index (κ2) is 10.2. The first-order chi connectivity index (χ1) is 13.5. The minimum absolute atomic E-state index is 0.504. The number of aryl methyl sites for hydroxylation is 1. The highest BCUT2D eigenvalue weighted by Crippen LogP contribution is 2.35. The standard InChI is InChI=1S/C23H23BrINO2/c1-3-27-22-13-18(14-26-20-10-4-16(2)5-11-20)12-21(25)23(22)28-15-17-6-8-19(24)9-7-17/h4-13,26H,3,14-15H2,1-2H3. The fraction of sp³-hybridized carbons (Fsp3) is 0.217. The average molecular weight is 552 g/mol. The molecule has 0 aromatic heterocycles. The van der Waals surface area contributed by atoms with E-state index in [2.05, 4.69) is 99.3 Å². The van der Waals surface area contributed by atoms with E-state index in [1.165, 1.54) is 5.56 Å². The lowest BCUT2D eigenvalue weighted by molar-refractivity contribution is 0.267. The normalized spacial score (nSPS) is 10.6. The molecule has 0 saturated carbocycles. The number of ether oxygens (including phenoxy) is 2. The average Bonchev–Trinajstić information content (AvgIpc) is 2.68. The maximum Gasteiger partial charge on any atom is 0.174 e. The fourth-order valence-corrected chi connectivity index (χ4v) is 3.82. The van der Waals surface area contributed by atoms with Crippen LogP contribution in [0.3, 0.4) is 0 Å². The molecule has 0 unspecified atom stereocenters. The molecule has 0 bridgehead atoms. The van der Waals surface area contributed by atoms with Crippen LogP contribution in [0, 0.1) is 10.5 Å². The second-order valence-corrected chi connectivity index (χ2v) is 8.55. The lowest BCUT2D eigenvalue weighted by Gasteiger charge is -2.16. The van der Waals surface area contributed by atoms with Crippen LogP contribution in [0.2, 0.25) is 0 Å². The third-order valence-electron chi connectivity index (χ3n) is 4.21. The second-order valence-electron chi connectivity index (χ2n) is 6.47. The van der Waals surface area contributed by atoms with Gasteiger partial charge in [0.25, 0.3) is 0 Å². The van der Waals surface area contributed by atoms with Crippen LogP contribution >= 0.6 is 38.5 Å². The van der Waals surface area contributed by atoms with Crippen LogP contribution in [-0.4, -0.2) is 6.61 Å². The summed E-state index contributed by atoms with van der Waals surface area (Å²) >= 11 is 5.78. The molecule has 3 rings (SSSR count). The quantitative estimate of drug-likeness (QED) is 0.307. The van der Waals surface area contributed by atoms with Gasteiger partial charge < -0.3 is 14.8 Å². The van der Waals surface area contributed by atoms with Gasteiger partial charge in [-0.05, 0) is 84.0 Å². The Morgan fingerprint density at radius 2 is 1.64 bits per heavy atom. The van der Waals surface area contributed by atoms with E-state index in [1.807, 2.05) is 19.1 Å². The Bertz CT molecular complexity index is 911. The monoisotopic (exact) mass is 551 g/mol. The zero-order valence-corrected chi connectivity index (χ0v) is 19.7. The Labute approximate surface area is 188 Å². The molecule has 0 aliphatic carbocycles. The summed E-state index contributed by atoms with van der Waals surface area (Å²) in [6.07, 6.45) is 0. The Morgan fingerprint density at radius 3 is 2.32 bits per heavy atom. The van der Waals surface area contributed by atoms with Crippen molar-refractivity contribution >= 4 is 44.2 Å². The summed E-state index contributed by atoms with van der Waals surface area (Å²) in [4.78, 5) is 0. The van der Waals surface area contributed by atoms with E-state index in [9.17, 15) is 0 Å². The molecule has 146 valence electrons. The zero-order valence-electron chi connectivity index (χ0n) is 16.0. The zero-order chi connectivity index (χ0) is 19.9. The molecule has 28 heavy (non-hydrogen) atoms. The molecule has 0 amide bonds. The van der Waals surface area contributed by atoms with Gasteiger partial charge in [0.05, 0.1) is 10.2 Å². The van der Waals surface area contributed by atoms with E-state index < -0.39 is 0 Å². The van der Waals surface area contributed by atoms with Crippen LogP contribution in [0.5, 0.6) is 11.5 Å². The number of anilines is 1. The molecule has 0 heterocycles.